The Morgan fingerprint density at radius 3 is 2.72 bits per heavy atom. The molecule has 0 bridgehead atoms. The van der Waals surface area contributed by atoms with E-state index < -0.39 is 0 Å². The van der Waals surface area contributed by atoms with Gasteiger partial charge in [0.1, 0.15) is 5.82 Å². The van der Waals surface area contributed by atoms with Gasteiger partial charge in [-0.3, -0.25) is 4.79 Å². The highest BCUT2D eigenvalue weighted by molar-refractivity contribution is 5.99. The van der Waals surface area contributed by atoms with Crippen molar-refractivity contribution in [1.29, 1.82) is 0 Å². The number of imidazole rings is 1. The van der Waals surface area contributed by atoms with Crippen LogP contribution in [0.4, 0.5) is 0 Å². The van der Waals surface area contributed by atoms with Crippen molar-refractivity contribution in [2.45, 2.75) is 33.1 Å². The van der Waals surface area contributed by atoms with E-state index in [1.807, 2.05) is 16.5 Å². The smallest absolute Gasteiger partial charge is 0.271 e. The first-order chi connectivity index (χ1) is 8.58. The van der Waals surface area contributed by atoms with E-state index in [1.54, 1.807) is 7.05 Å². The summed E-state index contributed by atoms with van der Waals surface area (Å²) in [5.74, 6) is 1.07. The molecule has 0 aromatic carbocycles. The standard InChI is InChI=1S/C14H19N3O/c1-5-10-6-7-11-12(14(18)15-4)16-13(9(2)3)17(11)8-10/h6-9H,5H2,1-4H3,(H,15,18). The van der Waals surface area contributed by atoms with Crippen LogP contribution >= 0.6 is 0 Å². The van der Waals surface area contributed by atoms with Gasteiger partial charge in [0.15, 0.2) is 5.69 Å². The van der Waals surface area contributed by atoms with Gasteiger partial charge in [0.2, 0.25) is 0 Å². The number of carbonyl (C=O) groups excluding carboxylic acids is 1. The lowest BCUT2D eigenvalue weighted by Crippen LogP contribution is -2.18. The van der Waals surface area contributed by atoms with Crippen LogP contribution < -0.4 is 5.32 Å². The zero-order valence-corrected chi connectivity index (χ0v) is 11.3. The van der Waals surface area contributed by atoms with Crippen molar-refractivity contribution in [3.8, 4) is 0 Å². The van der Waals surface area contributed by atoms with Gasteiger partial charge >= 0.3 is 0 Å². The van der Waals surface area contributed by atoms with E-state index in [4.69, 9.17) is 0 Å². The second kappa shape index (κ2) is 4.80. The highest BCUT2D eigenvalue weighted by atomic mass is 16.1. The van der Waals surface area contributed by atoms with E-state index in [-0.39, 0.29) is 11.8 Å². The molecule has 4 heteroatoms. The molecular formula is C14H19N3O. The third-order valence-electron chi connectivity index (χ3n) is 3.09. The molecule has 2 rings (SSSR count). The minimum absolute atomic E-state index is 0.136. The molecule has 0 fully saturated rings. The van der Waals surface area contributed by atoms with Crippen molar-refractivity contribution < 1.29 is 4.79 Å². The molecule has 2 aromatic heterocycles. The van der Waals surface area contributed by atoms with Gasteiger partial charge in [-0.2, -0.15) is 0 Å². The maximum absolute atomic E-state index is 11.8. The molecule has 1 amide bonds. The molecule has 0 atom stereocenters. The number of amides is 1. The number of aryl methyl sites for hydroxylation is 1. The third kappa shape index (κ3) is 1.98. The van der Waals surface area contributed by atoms with Crippen LogP contribution in [0.3, 0.4) is 0 Å². The molecule has 2 heterocycles. The molecule has 1 N–H and O–H groups in total. The summed E-state index contributed by atoms with van der Waals surface area (Å²) < 4.78 is 2.04. The van der Waals surface area contributed by atoms with Crippen molar-refractivity contribution in [3.05, 3.63) is 35.4 Å². The average molecular weight is 245 g/mol. The lowest BCUT2D eigenvalue weighted by molar-refractivity contribution is 0.0960. The molecule has 0 spiro atoms. The first-order valence-corrected chi connectivity index (χ1v) is 6.31. The summed E-state index contributed by atoms with van der Waals surface area (Å²) in [7, 11) is 1.63. The number of nitrogens with one attached hydrogen (secondary N) is 1. The number of carbonyl (C=O) groups is 1. The lowest BCUT2D eigenvalue weighted by atomic mass is 10.2. The minimum atomic E-state index is -0.136. The monoisotopic (exact) mass is 245 g/mol. The number of aromatic nitrogens is 2. The summed E-state index contributed by atoms with van der Waals surface area (Å²) >= 11 is 0. The molecule has 0 unspecified atom stereocenters. The average Bonchev–Trinajstić information content (AvgIpc) is 2.76. The van der Waals surface area contributed by atoms with E-state index >= 15 is 0 Å². The topological polar surface area (TPSA) is 46.4 Å². The van der Waals surface area contributed by atoms with Crippen LogP contribution in [0.25, 0.3) is 5.52 Å². The molecule has 0 saturated heterocycles. The Morgan fingerprint density at radius 1 is 1.44 bits per heavy atom. The Labute approximate surface area is 107 Å². The summed E-state index contributed by atoms with van der Waals surface area (Å²) in [5, 5.41) is 2.64. The molecule has 0 saturated carbocycles. The zero-order valence-electron chi connectivity index (χ0n) is 11.3. The fourth-order valence-corrected chi connectivity index (χ4v) is 2.05. The van der Waals surface area contributed by atoms with Gasteiger partial charge in [-0.15, -0.1) is 0 Å². The van der Waals surface area contributed by atoms with Gasteiger partial charge in [0.05, 0.1) is 5.52 Å². The van der Waals surface area contributed by atoms with Gasteiger partial charge < -0.3 is 9.72 Å². The highest BCUT2D eigenvalue weighted by Gasteiger charge is 2.18. The first-order valence-electron chi connectivity index (χ1n) is 6.31. The Balaban J connectivity index is 2.71. The largest absolute Gasteiger partial charge is 0.354 e. The van der Waals surface area contributed by atoms with Gasteiger partial charge in [0, 0.05) is 19.2 Å². The predicted molar refractivity (Wildman–Crippen MR) is 72.0 cm³/mol. The molecule has 18 heavy (non-hydrogen) atoms. The minimum Gasteiger partial charge on any atom is -0.354 e. The Morgan fingerprint density at radius 2 is 2.17 bits per heavy atom. The van der Waals surface area contributed by atoms with Crippen molar-refractivity contribution >= 4 is 11.4 Å². The van der Waals surface area contributed by atoms with Crippen LogP contribution in [-0.2, 0) is 6.42 Å². The van der Waals surface area contributed by atoms with E-state index in [2.05, 4.69) is 37.3 Å². The van der Waals surface area contributed by atoms with Crippen LogP contribution in [-0.4, -0.2) is 22.3 Å². The molecular weight excluding hydrogens is 226 g/mol. The number of rotatable bonds is 3. The Kier molecular flexibility index (Phi) is 3.36. The van der Waals surface area contributed by atoms with Crippen LogP contribution in [0.2, 0.25) is 0 Å². The summed E-state index contributed by atoms with van der Waals surface area (Å²) in [6, 6.07) is 4.02. The predicted octanol–water partition coefficient (Wildman–Crippen LogP) is 2.38. The normalized spacial score (nSPS) is 11.2. The summed E-state index contributed by atoms with van der Waals surface area (Å²) in [6.45, 7) is 6.29. The molecule has 4 nitrogen and oxygen atoms in total. The van der Waals surface area contributed by atoms with E-state index in [9.17, 15) is 4.79 Å². The third-order valence-corrected chi connectivity index (χ3v) is 3.09. The van der Waals surface area contributed by atoms with E-state index in [0.717, 1.165) is 17.8 Å². The van der Waals surface area contributed by atoms with Gasteiger partial charge in [0.25, 0.3) is 5.91 Å². The van der Waals surface area contributed by atoms with Crippen molar-refractivity contribution in [3.63, 3.8) is 0 Å². The fourth-order valence-electron chi connectivity index (χ4n) is 2.05. The van der Waals surface area contributed by atoms with Crippen molar-refractivity contribution in [2.75, 3.05) is 7.05 Å². The lowest BCUT2D eigenvalue weighted by Gasteiger charge is -2.05. The van der Waals surface area contributed by atoms with E-state index in [1.165, 1.54) is 5.56 Å². The number of fused-ring (bicyclic) bond motifs is 1. The molecule has 0 radical (unpaired) electrons. The molecule has 0 aliphatic carbocycles. The summed E-state index contributed by atoms with van der Waals surface area (Å²) in [6.07, 6.45) is 3.05. The Hall–Kier alpha value is -1.84. The Bertz CT molecular complexity index is 584. The van der Waals surface area contributed by atoms with Crippen LogP contribution in [0.1, 0.15) is 48.6 Å². The zero-order chi connectivity index (χ0) is 13.3. The van der Waals surface area contributed by atoms with Crippen LogP contribution in [0.5, 0.6) is 0 Å². The summed E-state index contributed by atoms with van der Waals surface area (Å²) in [4.78, 5) is 16.3. The van der Waals surface area contributed by atoms with Gasteiger partial charge in [-0.25, -0.2) is 4.98 Å². The number of nitrogens with zero attached hydrogens (tertiary/aromatic N) is 2. The maximum atomic E-state index is 11.8. The van der Waals surface area contributed by atoms with Crippen LogP contribution in [0.15, 0.2) is 18.3 Å². The molecule has 96 valence electrons. The highest BCUT2D eigenvalue weighted by Crippen LogP contribution is 2.20. The molecule has 0 aliphatic heterocycles. The number of pyridine rings is 1. The fraction of sp³-hybridized carbons (Fsp3) is 0.429. The van der Waals surface area contributed by atoms with Gasteiger partial charge in [-0.1, -0.05) is 26.8 Å². The van der Waals surface area contributed by atoms with Gasteiger partial charge in [-0.05, 0) is 18.1 Å². The van der Waals surface area contributed by atoms with E-state index in [0.29, 0.717) is 5.69 Å². The molecule has 0 aliphatic rings. The van der Waals surface area contributed by atoms with Crippen LogP contribution in [0, 0.1) is 0 Å². The SMILES string of the molecule is CCc1ccc2c(C(=O)NC)nc(C(C)C)n2c1. The first kappa shape index (κ1) is 12.6. The second-order valence-corrected chi connectivity index (χ2v) is 4.70. The quantitative estimate of drug-likeness (QED) is 0.902. The second-order valence-electron chi connectivity index (χ2n) is 4.70. The number of hydrogen-bond donors (Lipinski definition) is 1. The van der Waals surface area contributed by atoms with Crippen molar-refractivity contribution in [2.24, 2.45) is 0 Å². The number of hydrogen-bond acceptors (Lipinski definition) is 2. The summed E-state index contributed by atoms with van der Waals surface area (Å²) in [5.41, 5.74) is 2.62. The van der Waals surface area contributed by atoms with Crippen molar-refractivity contribution in [1.82, 2.24) is 14.7 Å². The maximum Gasteiger partial charge on any atom is 0.271 e. The molecule has 2 aromatic rings.